The highest BCUT2D eigenvalue weighted by Crippen LogP contribution is 2.28. The normalized spacial score (nSPS) is 29.2. The molecule has 2 saturated heterocycles. The van der Waals surface area contributed by atoms with Crippen molar-refractivity contribution in [2.24, 2.45) is 0 Å². The number of ether oxygens (including phenoxy) is 1. The minimum absolute atomic E-state index is 0.509. The fourth-order valence-electron chi connectivity index (χ4n) is 3.08. The molecule has 3 heterocycles. The number of hydrogen-bond acceptors (Lipinski definition) is 5. The predicted octanol–water partition coefficient (Wildman–Crippen LogP) is 1.96. The fourth-order valence-corrected chi connectivity index (χ4v) is 3.08. The molecule has 0 amide bonds. The zero-order valence-corrected chi connectivity index (χ0v) is 11.4. The molecular formula is C14H22N4O. The van der Waals surface area contributed by atoms with E-state index in [1.807, 2.05) is 0 Å². The summed E-state index contributed by atoms with van der Waals surface area (Å²) in [7, 11) is 0. The van der Waals surface area contributed by atoms with E-state index in [1.165, 1.54) is 25.7 Å². The first-order valence-corrected chi connectivity index (χ1v) is 7.31. The van der Waals surface area contributed by atoms with Gasteiger partial charge in [-0.15, -0.1) is 0 Å². The number of nitrogens with one attached hydrogen (secondary N) is 2. The Morgan fingerprint density at radius 3 is 2.84 bits per heavy atom. The summed E-state index contributed by atoms with van der Waals surface area (Å²) in [6.07, 6.45) is 9.42. The van der Waals surface area contributed by atoms with Gasteiger partial charge in [-0.05, 0) is 32.1 Å². The molecule has 3 rings (SSSR count). The molecule has 2 fully saturated rings. The van der Waals surface area contributed by atoms with Crippen LogP contribution in [0.15, 0.2) is 12.4 Å². The van der Waals surface area contributed by atoms with Crippen molar-refractivity contribution in [3.8, 4) is 5.88 Å². The third-order valence-corrected chi connectivity index (χ3v) is 3.89. The standard InChI is InChI=1S/C14H22N4O/c1-2-5-19-14-9-15-8-13(18-14)17-12-6-10-3-4-11(7-12)16-10/h8-12,16H,2-7H2,1H3,(H,17,18). The van der Waals surface area contributed by atoms with Gasteiger partial charge in [0.15, 0.2) is 0 Å². The van der Waals surface area contributed by atoms with Crippen LogP contribution in [0.5, 0.6) is 5.88 Å². The molecule has 5 nitrogen and oxygen atoms in total. The molecule has 19 heavy (non-hydrogen) atoms. The third kappa shape index (κ3) is 3.15. The van der Waals surface area contributed by atoms with Gasteiger partial charge in [0.25, 0.3) is 0 Å². The Morgan fingerprint density at radius 2 is 2.11 bits per heavy atom. The second-order valence-electron chi connectivity index (χ2n) is 5.54. The Hall–Kier alpha value is -1.36. The van der Waals surface area contributed by atoms with Crippen LogP contribution in [0.2, 0.25) is 0 Å². The number of aromatic nitrogens is 2. The van der Waals surface area contributed by atoms with Gasteiger partial charge in [0.2, 0.25) is 5.88 Å². The summed E-state index contributed by atoms with van der Waals surface area (Å²) >= 11 is 0. The average molecular weight is 262 g/mol. The van der Waals surface area contributed by atoms with Crippen LogP contribution in [0.25, 0.3) is 0 Å². The van der Waals surface area contributed by atoms with E-state index in [-0.39, 0.29) is 0 Å². The zero-order chi connectivity index (χ0) is 13.1. The van der Waals surface area contributed by atoms with Crippen LogP contribution in [0, 0.1) is 0 Å². The van der Waals surface area contributed by atoms with Crippen LogP contribution in [-0.4, -0.2) is 34.7 Å². The Labute approximate surface area is 114 Å². The van der Waals surface area contributed by atoms with Gasteiger partial charge in [-0.2, -0.15) is 4.98 Å². The summed E-state index contributed by atoms with van der Waals surface area (Å²) in [5, 5.41) is 7.15. The molecule has 0 radical (unpaired) electrons. The SMILES string of the molecule is CCCOc1cncc(NC2CC3CCC(C2)N3)n1. The number of fused-ring (bicyclic) bond motifs is 2. The van der Waals surface area contributed by atoms with Crippen molar-refractivity contribution in [3.63, 3.8) is 0 Å². The van der Waals surface area contributed by atoms with Crippen molar-refractivity contribution in [2.45, 2.75) is 57.2 Å². The molecule has 1 aromatic rings. The van der Waals surface area contributed by atoms with Gasteiger partial charge in [-0.1, -0.05) is 6.92 Å². The van der Waals surface area contributed by atoms with Crippen LogP contribution in [0.3, 0.4) is 0 Å². The Bertz CT molecular complexity index is 414. The molecule has 5 heteroatoms. The monoisotopic (exact) mass is 262 g/mol. The molecule has 0 saturated carbocycles. The Morgan fingerprint density at radius 1 is 1.32 bits per heavy atom. The van der Waals surface area contributed by atoms with E-state index in [2.05, 4.69) is 27.5 Å². The number of piperidine rings is 1. The van der Waals surface area contributed by atoms with Gasteiger partial charge in [0.05, 0.1) is 19.0 Å². The highest BCUT2D eigenvalue weighted by Gasteiger charge is 2.33. The van der Waals surface area contributed by atoms with E-state index in [1.54, 1.807) is 12.4 Å². The van der Waals surface area contributed by atoms with Crippen LogP contribution in [-0.2, 0) is 0 Å². The molecular weight excluding hydrogens is 240 g/mol. The molecule has 2 unspecified atom stereocenters. The predicted molar refractivity (Wildman–Crippen MR) is 74.4 cm³/mol. The van der Waals surface area contributed by atoms with Gasteiger partial charge in [-0.3, -0.25) is 4.98 Å². The maximum absolute atomic E-state index is 5.51. The molecule has 0 aliphatic carbocycles. The lowest BCUT2D eigenvalue weighted by Gasteiger charge is -2.29. The molecule has 2 aliphatic rings. The van der Waals surface area contributed by atoms with E-state index in [9.17, 15) is 0 Å². The van der Waals surface area contributed by atoms with E-state index in [0.717, 1.165) is 12.2 Å². The van der Waals surface area contributed by atoms with Crippen LogP contribution in [0.4, 0.5) is 5.82 Å². The quantitative estimate of drug-likeness (QED) is 0.849. The van der Waals surface area contributed by atoms with Crippen LogP contribution < -0.4 is 15.4 Å². The lowest BCUT2D eigenvalue weighted by molar-refractivity contribution is 0.304. The third-order valence-electron chi connectivity index (χ3n) is 3.89. The lowest BCUT2D eigenvalue weighted by Crippen LogP contribution is -2.43. The molecule has 0 spiro atoms. The second kappa shape index (κ2) is 5.74. The van der Waals surface area contributed by atoms with Gasteiger partial charge in [-0.25, -0.2) is 0 Å². The summed E-state index contributed by atoms with van der Waals surface area (Å²) in [5.41, 5.74) is 0. The minimum Gasteiger partial charge on any atom is -0.477 e. The molecule has 2 N–H and O–H groups in total. The fraction of sp³-hybridized carbons (Fsp3) is 0.714. The van der Waals surface area contributed by atoms with Crippen molar-refractivity contribution in [1.82, 2.24) is 15.3 Å². The summed E-state index contributed by atoms with van der Waals surface area (Å²) in [6, 6.07) is 1.88. The number of anilines is 1. The first-order chi connectivity index (χ1) is 9.33. The largest absolute Gasteiger partial charge is 0.477 e. The molecule has 0 aromatic carbocycles. The van der Waals surface area contributed by atoms with Crippen molar-refractivity contribution in [3.05, 3.63) is 12.4 Å². The van der Waals surface area contributed by atoms with Crippen molar-refractivity contribution in [2.75, 3.05) is 11.9 Å². The second-order valence-corrected chi connectivity index (χ2v) is 5.54. The van der Waals surface area contributed by atoms with E-state index in [0.29, 0.717) is 30.6 Å². The maximum Gasteiger partial charge on any atom is 0.234 e. The molecule has 2 bridgehead atoms. The molecule has 1 aromatic heterocycles. The highest BCUT2D eigenvalue weighted by molar-refractivity contribution is 5.35. The van der Waals surface area contributed by atoms with Crippen molar-refractivity contribution >= 4 is 5.82 Å². The smallest absolute Gasteiger partial charge is 0.234 e. The molecule has 2 atom stereocenters. The summed E-state index contributed by atoms with van der Waals surface area (Å²) < 4.78 is 5.51. The summed E-state index contributed by atoms with van der Waals surface area (Å²) in [5.74, 6) is 1.45. The van der Waals surface area contributed by atoms with Gasteiger partial charge >= 0.3 is 0 Å². The number of rotatable bonds is 5. The van der Waals surface area contributed by atoms with Gasteiger partial charge < -0.3 is 15.4 Å². The molecule has 2 aliphatic heterocycles. The minimum atomic E-state index is 0.509. The molecule has 104 valence electrons. The first-order valence-electron chi connectivity index (χ1n) is 7.31. The topological polar surface area (TPSA) is 59.1 Å². The van der Waals surface area contributed by atoms with Crippen molar-refractivity contribution in [1.29, 1.82) is 0 Å². The lowest BCUT2D eigenvalue weighted by atomic mass is 10.00. The number of hydrogen-bond donors (Lipinski definition) is 2. The van der Waals surface area contributed by atoms with Gasteiger partial charge in [0, 0.05) is 18.1 Å². The summed E-state index contributed by atoms with van der Waals surface area (Å²) in [4.78, 5) is 8.65. The van der Waals surface area contributed by atoms with E-state index < -0.39 is 0 Å². The van der Waals surface area contributed by atoms with Crippen molar-refractivity contribution < 1.29 is 4.74 Å². The Kier molecular flexibility index (Phi) is 3.82. The first kappa shape index (κ1) is 12.7. The number of nitrogens with zero attached hydrogens (tertiary/aromatic N) is 2. The zero-order valence-electron chi connectivity index (χ0n) is 11.4. The van der Waals surface area contributed by atoms with E-state index >= 15 is 0 Å². The van der Waals surface area contributed by atoms with Crippen LogP contribution >= 0.6 is 0 Å². The van der Waals surface area contributed by atoms with Gasteiger partial charge in [0.1, 0.15) is 5.82 Å². The van der Waals surface area contributed by atoms with E-state index in [4.69, 9.17) is 4.74 Å². The maximum atomic E-state index is 5.51. The van der Waals surface area contributed by atoms with Crippen LogP contribution in [0.1, 0.15) is 39.0 Å². The summed E-state index contributed by atoms with van der Waals surface area (Å²) in [6.45, 7) is 2.77. The average Bonchev–Trinajstić information content (AvgIpc) is 2.76. The Balaban J connectivity index is 1.60. The highest BCUT2D eigenvalue weighted by atomic mass is 16.5.